The van der Waals surface area contributed by atoms with Gasteiger partial charge in [-0.05, 0) is 29.8 Å². The van der Waals surface area contributed by atoms with E-state index in [-0.39, 0.29) is 10.8 Å². The van der Waals surface area contributed by atoms with Crippen molar-refractivity contribution in [2.45, 2.75) is 11.8 Å². The summed E-state index contributed by atoms with van der Waals surface area (Å²) in [4.78, 5) is 0. The number of nitrogens with one attached hydrogen (secondary N) is 1. The predicted octanol–water partition coefficient (Wildman–Crippen LogP) is 2.23. The molecule has 0 aliphatic rings. The van der Waals surface area contributed by atoms with Crippen molar-refractivity contribution in [3.05, 3.63) is 58.8 Å². The summed E-state index contributed by atoms with van der Waals surface area (Å²) in [5, 5.41) is 9.10. The van der Waals surface area contributed by atoms with Crippen LogP contribution >= 0.6 is 11.6 Å². The summed E-state index contributed by atoms with van der Waals surface area (Å²) in [6.07, 6.45) is 1.38. The molecule has 0 amide bonds. The van der Waals surface area contributed by atoms with Crippen molar-refractivity contribution in [1.29, 1.82) is 0 Å². The van der Waals surface area contributed by atoms with Gasteiger partial charge in [-0.25, -0.2) is 17.5 Å². The number of aliphatic hydroxyl groups excluding tert-OH is 1. The first-order valence-electron chi connectivity index (χ1n) is 5.99. The Bertz CT molecular complexity index is 703. The Balaban J connectivity index is 2.12. The number of aliphatic hydroxyl groups is 1. The SMILES string of the molecule is O=S(=O)(Cc1ccc(F)c(Cl)c1)NC(CO)c1ccco1. The van der Waals surface area contributed by atoms with E-state index < -0.39 is 28.5 Å². The van der Waals surface area contributed by atoms with Crippen LogP contribution in [0.2, 0.25) is 5.02 Å². The Kier molecular flexibility index (Phi) is 5.00. The Morgan fingerprint density at radius 1 is 1.38 bits per heavy atom. The number of halogens is 2. The van der Waals surface area contributed by atoms with E-state index in [1.807, 2.05) is 0 Å². The van der Waals surface area contributed by atoms with Crippen molar-refractivity contribution >= 4 is 21.6 Å². The van der Waals surface area contributed by atoms with Crippen molar-refractivity contribution < 1.29 is 22.3 Å². The highest BCUT2D eigenvalue weighted by atomic mass is 35.5. The molecule has 21 heavy (non-hydrogen) atoms. The van der Waals surface area contributed by atoms with Gasteiger partial charge < -0.3 is 9.52 Å². The van der Waals surface area contributed by atoms with Gasteiger partial charge in [-0.15, -0.1) is 0 Å². The quantitative estimate of drug-likeness (QED) is 0.849. The van der Waals surface area contributed by atoms with Crippen LogP contribution in [0.1, 0.15) is 17.4 Å². The third kappa shape index (κ3) is 4.28. The molecule has 0 bridgehead atoms. The topological polar surface area (TPSA) is 79.5 Å². The zero-order chi connectivity index (χ0) is 15.5. The Morgan fingerprint density at radius 3 is 2.71 bits per heavy atom. The standard InChI is InChI=1S/C13H13ClFNO4S/c14-10-6-9(3-4-11(10)15)8-21(18,19)16-12(7-17)13-2-1-5-20-13/h1-6,12,16-17H,7-8H2. The second-order valence-corrected chi connectivity index (χ2v) is 6.54. The molecule has 0 radical (unpaired) electrons. The molecule has 0 fully saturated rings. The third-order valence-corrected chi connectivity index (χ3v) is 4.38. The molecule has 0 aliphatic heterocycles. The molecule has 1 aromatic heterocycles. The zero-order valence-electron chi connectivity index (χ0n) is 10.8. The van der Waals surface area contributed by atoms with Crippen molar-refractivity contribution in [1.82, 2.24) is 4.72 Å². The summed E-state index contributed by atoms with van der Waals surface area (Å²) < 4.78 is 44.5. The molecule has 0 saturated carbocycles. The fourth-order valence-electron chi connectivity index (χ4n) is 1.78. The summed E-state index contributed by atoms with van der Waals surface area (Å²) in [7, 11) is -3.75. The lowest BCUT2D eigenvalue weighted by atomic mass is 10.2. The van der Waals surface area contributed by atoms with E-state index in [4.69, 9.17) is 16.0 Å². The first-order chi connectivity index (χ1) is 9.91. The highest BCUT2D eigenvalue weighted by Gasteiger charge is 2.21. The highest BCUT2D eigenvalue weighted by Crippen LogP contribution is 2.19. The van der Waals surface area contributed by atoms with Crippen LogP contribution in [0.25, 0.3) is 0 Å². The summed E-state index contributed by atoms with van der Waals surface area (Å²) in [5.74, 6) is -0.697. The largest absolute Gasteiger partial charge is 0.468 e. The molecule has 0 aliphatic carbocycles. The van der Waals surface area contributed by atoms with Gasteiger partial charge in [0.15, 0.2) is 0 Å². The van der Waals surface area contributed by atoms with Crippen LogP contribution < -0.4 is 4.72 Å². The molecule has 1 unspecified atom stereocenters. The van der Waals surface area contributed by atoms with Gasteiger partial charge in [-0.1, -0.05) is 17.7 Å². The lowest BCUT2D eigenvalue weighted by Gasteiger charge is -2.14. The smallest absolute Gasteiger partial charge is 0.216 e. The lowest BCUT2D eigenvalue weighted by Crippen LogP contribution is -2.31. The maximum atomic E-state index is 13.0. The van der Waals surface area contributed by atoms with Gasteiger partial charge in [0.25, 0.3) is 0 Å². The summed E-state index contributed by atoms with van der Waals surface area (Å²) >= 11 is 5.61. The second kappa shape index (κ2) is 6.57. The molecule has 1 aromatic carbocycles. The maximum absolute atomic E-state index is 13.0. The van der Waals surface area contributed by atoms with Crippen molar-refractivity contribution in [2.24, 2.45) is 0 Å². The van der Waals surface area contributed by atoms with Crippen LogP contribution in [0.15, 0.2) is 41.0 Å². The van der Waals surface area contributed by atoms with Gasteiger partial charge in [0.2, 0.25) is 10.0 Å². The average molecular weight is 334 g/mol. The van der Waals surface area contributed by atoms with Gasteiger partial charge in [-0.2, -0.15) is 0 Å². The highest BCUT2D eigenvalue weighted by molar-refractivity contribution is 7.88. The molecule has 1 atom stereocenters. The molecule has 0 spiro atoms. The van der Waals surface area contributed by atoms with Gasteiger partial charge >= 0.3 is 0 Å². The Morgan fingerprint density at radius 2 is 2.14 bits per heavy atom. The summed E-state index contributed by atoms with van der Waals surface area (Å²) in [6.45, 7) is -0.448. The number of furan rings is 1. The molecule has 1 heterocycles. The van der Waals surface area contributed by atoms with Crippen molar-refractivity contribution in [2.75, 3.05) is 6.61 Å². The van der Waals surface area contributed by atoms with Gasteiger partial charge in [-0.3, -0.25) is 0 Å². The minimum absolute atomic E-state index is 0.146. The Labute approximate surface area is 126 Å². The van der Waals surface area contributed by atoms with Crippen LogP contribution in [0.3, 0.4) is 0 Å². The third-order valence-electron chi connectivity index (χ3n) is 2.73. The lowest BCUT2D eigenvalue weighted by molar-refractivity contribution is 0.242. The van der Waals surface area contributed by atoms with E-state index in [0.29, 0.717) is 11.3 Å². The minimum Gasteiger partial charge on any atom is -0.468 e. The summed E-state index contributed by atoms with van der Waals surface area (Å²) in [6, 6.07) is 5.95. The molecule has 2 rings (SSSR count). The second-order valence-electron chi connectivity index (χ2n) is 4.38. The normalized spacial score (nSPS) is 13.3. The van der Waals surface area contributed by atoms with E-state index >= 15 is 0 Å². The minimum atomic E-state index is -3.75. The Hall–Kier alpha value is -1.41. The number of hydrogen-bond acceptors (Lipinski definition) is 4. The maximum Gasteiger partial charge on any atom is 0.216 e. The van der Waals surface area contributed by atoms with Crippen LogP contribution in [-0.2, 0) is 15.8 Å². The van der Waals surface area contributed by atoms with Crippen molar-refractivity contribution in [3.8, 4) is 0 Å². The number of sulfonamides is 1. The van der Waals surface area contributed by atoms with Crippen LogP contribution in [0.5, 0.6) is 0 Å². The first kappa shape index (κ1) is 16.0. The predicted molar refractivity (Wildman–Crippen MR) is 75.7 cm³/mol. The van der Waals surface area contributed by atoms with E-state index in [0.717, 1.165) is 6.07 Å². The van der Waals surface area contributed by atoms with E-state index in [1.54, 1.807) is 12.1 Å². The number of hydrogen-bond donors (Lipinski definition) is 2. The molecule has 2 N–H and O–H groups in total. The molecular formula is C13H13ClFNO4S. The molecule has 8 heteroatoms. The van der Waals surface area contributed by atoms with E-state index in [2.05, 4.69) is 4.72 Å². The monoisotopic (exact) mass is 333 g/mol. The molecule has 0 saturated heterocycles. The van der Waals surface area contributed by atoms with Crippen LogP contribution in [0, 0.1) is 5.82 Å². The molecule has 2 aromatic rings. The average Bonchev–Trinajstić information content (AvgIpc) is 2.94. The van der Waals surface area contributed by atoms with Gasteiger partial charge in [0.05, 0.1) is 23.6 Å². The van der Waals surface area contributed by atoms with E-state index in [1.165, 1.54) is 18.4 Å². The number of benzene rings is 1. The molecule has 5 nitrogen and oxygen atoms in total. The zero-order valence-corrected chi connectivity index (χ0v) is 12.4. The van der Waals surface area contributed by atoms with Gasteiger partial charge in [0.1, 0.15) is 17.6 Å². The van der Waals surface area contributed by atoms with E-state index in [9.17, 15) is 17.9 Å². The van der Waals surface area contributed by atoms with Gasteiger partial charge in [0, 0.05) is 0 Å². The van der Waals surface area contributed by atoms with Crippen LogP contribution in [-0.4, -0.2) is 20.1 Å². The number of rotatable bonds is 6. The summed E-state index contributed by atoms with van der Waals surface area (Å²) in [5.41, 5.74) is 0.338. The van der Waals surface area contributed by atoms with Crippen molar-refractivity contribution in [3.63, 3.8) is 0 Å². The molecule has 114 valence electrons. The molecular weight excluding hydrogens is 321 g/mol. The first-order valence-corrected chi connectivity index (χ1v) is 8.02. The fourth-order valence-corrected chi connectivity index (χ4v) is 3.31. The fraction of sp³-hybridized carbons (Fsp3) is 0.231. The van der Waals surface area contributed by atoms with Crippen LogP contribution in [0.4, 0.5) is 4.39 Å².